The molecule has 79 heavy (non-hydrogen) atoms. The fourth-order valence-corrected chi connectivity index (χ4v) is 11.5. The Bertz CT molecular complexity index is 1230. The normalized spacial score (nSPS) is 12.6. The van der Waals surface area contributed by atoms with Gasteiger partial charge >= 0.3 is 5.97 Å². The lowest BCUT2D eigenvalue weighted by atomic mass is 10.0. The summed E-state index contributed by atoms with van der Waals surface area (Å²) in [5.74, 6) is -0.0433. The van der Waals surface area contributed by atoms with Gasteiger partial charge in [0.1, 0.15) is 0 Å². The number of carbonyl (C=O) groups is 2. The predicted octanol–water partition coefficient (Wildman–Crippen LogP) is 23.3. The molecule has 0 radical (unpaired) electrons. The molecule has 0 bridgehead atoms. The van der Waals surface area contributed by atoms with Crippen LogP contribution in [-0.2, 0) is 14.3 Å². The molecule has 0 aliphatic carbocycles. The van der Waals surface area contributed by atoms with E-state index in [2.05, 4.69) is 31.3 Å². The highest BCUT2D eigenvalue weighted by Crippen LogP contribution is 2.19. The van der Waals surface area contributed by atoms with E-state index in [1.165, 1.54) is 340 Å². The van der Waals surface area contributed by atoms with Crippen LogP contribution in [-0.4, -0.2) is 47.4 Å². The van der Waals surface area contributed by atoms with Gasteiger partial charge in [0, 0.05) is 12.8 Å². The summed E-state index contributed by atoms with van der Waals surface area (Å²) in [4.78, 5) is 24.6. The van der Waals surface area contributed by atoms with Crippen molar-refractivity contribution in [2.75, 3.05) is 13.2 Å². The third kappa shape index (κ3) is 65.4. The van der Waals surface area contributed by atoms with E-state index in [0.29, 0.717) is 19.4 Å². The van der Waals surface area contributed by atoms with Gasteiger partial charge in [0.25, 0.3) is 0 Å². The van der Waals surface area contributed by atoms with Crippen molar-refractivity contribution < 1.29 is 24.5 Å². The Morgan fingerprint density at radius 3 is 0.899 bits per heavy atom. The molecule has 0 aromatic heterocycles. The minimum absolute atomic E-state index is 0.0187. The van der Waals surface area contributed by atoms with Gasteiger partial charge in [-0.3, -0.25) is 9.59 Å². The zero-order valence-electron chi connectivity index (χ0n) is 53.6. The number of nitrogens with one attached hydrogen (secondary N) is 1. The number of aliphatic hydroxyl groups excluding tert-OH is 2. The van der Waals surface area contributed by atoms with E-state index in [9.17, 15) is 19.8 Å². The highest BCUT2D eigenvalue weighted by molar-refractivity contribution is 5.76. The highest BCUT2D eigenvalue weighted by Gasteiger charge is 2.18. The van der Waals surface area contributed by atoms with Gasteiger partial charge in [0.15, 0.2) is 0 Å². The number of aliphatic hydroxyl groups is 2. The molecule has 468 valence electrons. The molecule has 0 rings (SSSR count). The van der Waals surface area contributed by atoms with Crippen molar-refractivity contribution in [3.8, 4) is 0 Å². The Kier molecular flexibility index (Phi) is 67.4. The molecule has 6 heteroatoms. The standard InChI is InChI=1S/C73H141NO5/c1-3-5-7-9-11-13-15-17-18-36-40-43-47-51-55-59-63-67-73(78)79-68-64-60-56-52-48-44-41-38-35-33-31-29-27-25-23-21-19-20-22-24-26-28-30-32-34-37-39-42-46-50-54-58-62-66-72(77)74-70(69-75)71(76)65-61-57-53-49-45-16-14-12-10-8-6-4-2/h17-18,61,65,70-71,75-76H,3-16,19-60,62-64,66-69H2,1-2H3,(H,74,77)/b18-17-,65-61+. The third-order valence-corrected chi connectivity index (χ3v) is 17.0. The molecule has 0 aromatic rings. The highest BCUT2D eigenvalue weighted by atomic mass is 16.5. The lowest BCUT2D eigenvalue weighted by Gasteiger charge is -2.20. The van der Waals surface area contributed by atoms with Crippen LogP contribution >= 0.6 is 0 Å². The number of hydrogen-bond acceptors (Lipinski definition) is 5. The van der Waals surface area contributed by atoms with Gasteiger partial charge in [0.2, 0.25) is 5.91 Å². The summed E-state index contributed by atoms with van der Waals surface area (Å²) >= 11 is 0. The van der Waals surface area contributed by atoms with Crippen LogP contribution < -0.4 is 5.32 Å². The van der Waals surface area contributed by atoms with E-state index in [0.717, 1.165) is 38.5 Å². The number of unbranched alkanes of at least 4 members (excludes halogenated alkanes) is 55. The third-order valence-electron chi connectivity index (χ3n) is 17.0. The molecule has 0 heterocycles. The molecule has 0 aromatic carbocycles. The summed E-state index contributed by atoms with van der Waals surface area (Å²) in [5.41, 5.74) is 0. The first kappa shape index (κ1) is 77.3. The van der Waals surface area contributed by atoms with Crippen molar-refractivity contribution in [2.24, 2.45) is 0 Å². The molecule has 3 N–H and O–H groups in total. The summed E-state index contributed by atoms with van der Waals surface area (Å²) in [6, 6.07) is -0.623. The molecular weight excluding hydrogens is 971 g/mol. The molecule has 0 saturated carbocycles. The van der Waals surface area contributed by atoms with Gasteiger partial charge in [-0.1, -0.05) is 359 Å². The number of carbonyl (C=O) groups excluding carboxylic acids is 2. The minimum atomic E-state index is -0.839. The molecule has 2 atom stereocenters. The van der Waals surface area contributed by atoms with Crippen LogP contribution in [0.1, 0.15) is 406 Å². The molecule has 0 fully saturated rings. The number of hydrogen-bond donors (Lipinski definition) is 3. The SMILES string of the molecule is CCCCCCCC/C=C\CCCCCCCCCC(=O)OCCCCCCCCCCCCCCCCCCCCCCCCCCCCCCCCCCCC(=O)NC(CO)C(O)/C=C/CCCCCCCCCCCC. The first-order chi connectivity index (χ1) is 39.0. The topological polar surface area (TPSA) is 95.9 Å². The van der Waals surface area contributed by atoms with Gasteiger partial charge < -0.3 is 20.3 Å². The van der Waals surface area contributed by atoms with Crippen LogP contribution in [0.15, 0.2) is 24.3 Å². The number of rotatable bonds is 68. The van der Waals surface area contributed by atoms with E-state index in [1.54, 1.807) is 6.08 Å². The zero-order chi connectivity index (χ0) is 57.1. The maximum absolute atomic E-state index is 12.5. The van der Waals surface area contributed by atoms with E-state index < -0.39 is 12.1 Å². The molecular formula is C73H141NO5. The Hall–Kier alpha value is -1.66. The van der Waals surface area contributed by atoms with Gasteiger partial charge in [-0.15, -0.1) is 0 Å². The maximum Gasteiger partial charge on any atom is 0.305 e. The number of esters is 1. The Labute approximate surface area is 494 Å². The van der Waals surface area contributed by atoms with Crippen molar-refractivity contribution in [3.63, 3.8) is 0 Å². The Morgan fingerprint density at radius 1 is 0.342 bits per heavy atom. The lowest BCUT2D eigenvalue weighted by Crippen LogP contribution is -2.45. The zero-order valence-corrected chi connectivity index (χ0v) is 53.6. The molecule has 0 saturated heterocycles. The Morgan fingerprint density at radius 2 is 0.595 bits per heavy atom. The monoisotopic (exact) mass is 1110 g/mol. The van der Waals surface area contributed by atoms with Crippen molar-refractivity contribution in [3.05, 3.63) is 24.3 Å². The van der Waals surface area contributed by atoms with Crippen LogP contribution in [0.25, 0.3) is 0 Å². The smallest absolute Gasteiger partial charge is 0.305 e. The number of amides is 1. The Balaban J connectivity index is 3.30. The van der Waals surface area contributed by atoms with Crippen LogP contribution in [0.5, 0.6) is 0 Å². The maximum atomic E-state index is 12.5. The summed E-state index contributed by atoms with van der Waals surface area (Å²) in [6.07, 6.45) is 87.1. The second-order valence-electron chi connectivity index (χ2n) is 24.9. The van der Waals surface area contributed by atoms with E-state index in [-0.39, 0.29) is 18.5 Å². The van der Waals surface area contributed by atoms with Gasteiger partial charge in [0.05, 0.1) is 25.4 Å². The largest absolute Gasteiger partial charge is 0.466 e. The van der Waals surface area contributed by atoms with Gasteiger partial charge in [-0.05, 0) is 57.8 Å². The fourth-order valence-electron chi connectivity index (χ4n) is 11.5. The number of ether oxygens (including phenoxy) is 1. The molecule has 0 aliphatic rings. The quantitative estimate of drug-likeness (QED) is 0.0320. The lowest BCUT2D eigenvalue weighted by molar-refractivity contribution is -0.143. The van der Waals surface area contributed by atoms with E-state index >= 15 is 0 Å². The van der Waals surface area contributed by atoms with E-state index in [4.69, 9.17) is 4.74 Å². The summed E-state index contributed by atoms with van der Waals surface area (Å²) in [7, 11) is 0. The van der Waals surface area contributed by atoms with Crippen molar-refractivity contribution in [1.29, 1.82) is 0 Å². The average Bonchev–Trinajstić information content (AvgIpc) is 3.45. The van der Waals surface area contributed by atoms with Crippen LogP contribution in [0, 0.1) is 0 Å². The molecule has 6 nitrogen and oxygen atoms in total. The first-order valence-electron chi connectivity index (χ1n) is 36.1. The van der Waals surface area contributed by atoms with Gasteiger partial charge in [-0.2, -0.15) is 0 Å². The summed E-state index contributed by atoms with van der Waals surface area (Å²) in [5, 5.41) is 23.1. The second-order valence-corrected chi connectivity index (χ2v) is 24.9. The predicted molar refractivity (Wildman–Crippen MR) is 347 cm³/mol. The number of allylic oxidation sites excluding steroid dienone is 3. The molecule has 0 aliphatic heterocycles. The first-order valence-corrected chi connectivity index (χ1v) is 36.1. The van der Waals surface area contributed by atoms with Crippen LogP contribution in [0.3, 0.4) is 0 Å². The summed E-state index contributed by atoms with van der Waals surface area (Å²) < 4.78 is 5.51. The molecule has 0 spiro atoms. The summed E-state index contributed by atoms with van der Waals surface area (Å²) in [6.45, 7) is 4.92. The van der Waals surface area contributed by atoms with Gasteiger partial charge in [-0.25, -0.2) is 0 Å². The average molecular weight is 1110 g/mol. The van der Waals surface area contributed by atoms with Crippen molar-refractivity contribution >= 4 is 11.9 Å². The van der Waals surface area contributed by atoms with Crippen molar-refractivity contribution in [2.45, 2.75) is 418 Å². The molecule has 2 unspecified atom stereocenters. The fraction of sp³-hybridized carbons (Fsp3) is 0.918. The molecule has 1 amide bonds. The van der Waals surface area contributed by atoms with Crippen LogP contribution in [0.4, 0.5) is 0 Å². The minimum Gasteiger partial charge on any atom is -0.466 e. The van der Waals surface area contributed by atoms with E-state index in [1.807, 2.05) is 6.08 Å². The van der Waals surface area contributed by atoms with Crippen LogP contribution in [0.2, 0.25) is 0 Å². The van der Waals surface area contributed by atoms with Crippen molar-refractivity contribution in [1.82, 2.24) is 5.32 Å². The second kappa shape index (κ2) is 68.8.